The van der Waals surface area contributed by atoms with Gasteiger partial charge in [0, 0.05) is 0 Å². The first-order valence-electron chi connectivity index (χ1n) is 2.67. The average molecular weight is 178 g/mol. The van der Waals surface area contributed by atoms with Crippen molar-refractivity contribution in [3.63, 3.8) is 0 Å². The van der Waals surface area contributed by atoms with Gasteiger partial charge in [0.2, 0.25) is 0 Å². The zero-order valence-electron chi connectivity index (χ0n) is 6.12. The van der Waals surface area contributed by atoms with Crippen LogP contribution < -0.4 is 0 Å². The van der Waals surface area contributed by atoms with Gasteiger partial charge in [-0.25, -0.2) is 0 Å². The summed E-state index contributed by atoms with van der Waals surface area (Å²) in [5.41, 5.74) is 0. The van der Waals surface area contributed by atoms with Crippen LogP contribution in [0, 0.1) is 48.9 Å². The third-order valence-electron chi connectivity index (χ3n) is 0.481. The van der Waals surface area contributed by atoms with E-state index in [1.165, 1.54) is 12.2 Å². The second-order valence-electron chi connectivity index (χ2n) is 1.14. The van der Waals surface area contributed by atoms with Crippen LogP contribution in [-0.4, -0.2) is 10.2 Å². The van der Waals surface area contributed by atoms with E-state index in [0.717, 1.165) is 0 Å². The van der Waals surface area contributed by atoms with Crippen molar-refractivity contribution < 1.29 is 24.4 Å². The lowest BCUT2D eigenvalue weighted by Crippen LogP contribution is -1.72. The van der Waals surface area contributed by atoms with Gasteiger partial charge in [0.25, 0.3) is 0 Å². The molecular formula is C8H2O5. The van der Waals surface area contributed by atoms with Gasteiger partial charge in [0.1, 0.15) is 0 Å². The fourth-order valence-corrected chi connectivity index (χ4v) is 0.206. The third kappa shape index (κ3) is 9.24. The summed E-state index contributed by atoms with van der Waals surface area (Å²) < 4.78 is 12.5. The Morgan fingerprint density at radius 1 is 0.538 bits per heavy atom. The summed E-state index contributed by atoms with van der Waals surface area (Å²) in [6, 6.07) is 0. The van der Waals surface area contributed by atoms with E-state index in [4.69, 9.17) is 10.2 Å². The van der Waals surface area contributed by atoms with Gasteiger partial charge in [-0.15, -0.1) is 0 Å². The van der Waals surface area contributed by atoms with Gasteiger partial charge in [-0.2, -0.15) is 0 Å². The van der Waals surface area contributed by atoms with Crippen molar-refractivity contribution in [2.24, 2.45) is 0 Å². The summed E-state index contributed by atoms with van der Waals surface area (Å²) in [7, 11) is 0. The lowest BCUT2D eigenvalue weighted by Gasteiger charge is -1.75. The first kappa shape index (κ1) is 10.2. The van der Waals surface area contributed by atoms with Crippen LogP contribution >= 0.6 is 0 Å². The summed E-state index contributed by atoms with van der Waals surface area (Å²) in [6.07, 6.45) is 14.2. The summed E-state index contributed by atoms with van der Waals surface area (Å²) in [6.45, 7) is 0. The number of ether oxygens (including phenoxy) is 3. The zero-order valence-corrected chi connectivity index (χ0v) is 6.12. The van der Waals surface area contributed by atoms with E-state index < -0.39 is 0 Å². The van der Waals surface area contributed by atoms with Crippen molar-refractivity contribution in [3.05, 3.63) is 0 Å². The fourth-order valence-electron chi connectivity index (χ4n) is 0.206. The molecule has 0 aromatic rings. The van der Waals surface area contributed by atoms with Gasteiger partial charge in [-0.05, 0) is 0 Å². The van der Waals surface area contributed by atoms with Crippen LogP contribution in [-0.2, 0) is 14.2 Å². The van der Waals surface area contributed by atoms with Gasteiger partial charge < -0.3 is 24.4 Å². The van der Waals surface area contributed by atoms with Crippen LogP contribution in [0.25, 0.3) is 0 Å². The van der Waals surface area contributed by atoms with Gasteiger partial charge in [0.05, 0.1) is 0 Å². The van der Waals surface area contributed by atoms with E-state index in [2.05, 4.69) is 14.2 Å². The zero-order chi connectivity index (χ0) is 9.78. The van der Waals surface area contributed by atoms with Crippen molar-refractivity contribution >= 4 is 0 Å². The molecule has 0 atom stereocenters. The maximum Gasteiger partial charge on any atom is 0.175 e. The van der Waals surface area contributed by atoms with E-state index >= 15 is 0 Å². The average Bonchev–Trinajstić information content (AvgIpc) is 2.16. The Morgan fingerprint density at radius 3 is 1.15 bits per heavy atom. The molecule has 5 nitrogen and oxygen atoms in total. The molecule has 0 aromatic carbocycles. The van der Waals surface area contributed by atoms with E-state index in [-0.39, 0.29) is 0 Å². The lowest BCUT2D eigenvalue weighted by atomic mass is 11.1. The summed E-state index contributed by atoms with van der Waals surface area (Å²) in [4.78, 5) is 0. The second kappa shape index (κ2) is 9.24. The number of hydrogen-bond donors (Lipinski definition) is 2. The molecule has 0 aliphatic heterocycles. The summed E-state index contributed by atoms with van der Waals surface area (Å²) in [5, 5.41) is 15.8. The molecule has 64 valence electrons. The highest BCUT2D eigenvalue weighted by molar-refractivity contribution is 4.95. The van der Waals surface area contributed by atoms with Crippen LogP contribution in [0.2, 0.25) is 0 Å². The molecular weight excluding hydrogens is 176 g/mol. The van der Waals surface area contributed by atoms with Gasteiger partial charge >= 0.3 is 0 Å². The molecule has 0 saturated carbocycles. The maximum absolute atomic E-state index is 7.88. The lowest BCUT2D eigenvalue weighted by molar-refractivity contribution is 0.413. The minimum atomic E-state index is 1.45. The highest BCUT2D eigenvalue weighted by Gasteiger charge is 1.68. The standard InChI is InChI=1S/C8H2O5/c9-1-3-11-5-7-13-8-6-12-4-2-10/h9-10H. The maximum atomic E-state index is 7.88. The van der Waals surface area contributed by atoms with E-state index in [1.807, 2.05) is 24.4 Å². The molecule has 0 aromatic heterocycles. The molecule has 0 fully saturated rings. The minimum absolute atomic E-state index is 1.45. The molecule has 5 heteroatoms. The Kier molecular flexibility index (Phi) is 7.28. The van der Waals surface area contributed by atoms with Gasteiger partial charge in [-0.3, -0.25) is 0 Å². The normalized spacial score (nSPS) is 4.62. The van der Waals surface area contributed by atoms with E-state index in [0.29, 0.717) is 0 Å². The topological polar surface area (TPSA) is 68.2 Å². The molecule has 0 aliphatic rings. The monoisotopic (exact) mass is 178 g/mol. The predicted octanol–water partition coefficient (Wildman–Crippen LogP) is -0.545. The molecule has 0 amide bonds. The van der Waals surface area contributed by atoms with Crippen LogP contribution in [0.1, 0.15) is 0 Å². The first-order valence-corrected chi connectivity index (χ1v) is 2.67. The Hall–Kier alpha value is -2.76. The molecule has 0 saturated heterocycles. The van der Waals surface area contributed by atoms with Crippen molar-refractivity contribution in [2.45, 2.75) is 0 Å². The Labute approximate surface area is 74.2 Å². The van der Waals surface area contributed by atoms with Crippen LogP contribution in [0.5, 0.6) is 0 Å². The highest BCUT2D eigenvalue weighted by atomic mass is 16.5. The van der Waals surface area contributed by atoms with Gasteiger partial charge in [0.15, 0.2) is 48.9 Å². The Bertz CT molecular complexity index is 330. The highest BCUT2D eigenvalue weighted by Crippen LogP contribution is 1.67. The minimum Gasteiger partial charge on any atom is -0.460 e. The predicted molar refractivity (Wildman–Crippen MR) is 38.2 cm³/mol. The number of aliphatic hydroxyl groups is 2. The number of hydrogen-bond acceptors (Lipinski definition) is 5. The largest absolute Gasteiger partial charge is 0.460 e. The van der Waals surface area contributed by atoms with Crippen LogP contribution in [0.3, 0.4) is 0 Å². The fraction of sp³-hybridized carbons (Fsp3) is 0. The first-order chi connectivity index (χ1) is 6.41. The molecule has 13 heavy (non-hydrogen) atoms. The molecule has 2 N–H and O–H groups in total. The number of rotatable bonds is 0. The summed E-state index contributed by atoms with van der Waals surface area (Å²) in [5.74, 6) is 0. The second-order valence-corrected chi connectivity index (χ2v) is 1.14. The molecule has 0 unspecified atom stereocenters. The van der Waals surface area contributed by atoms with E-state index in [9.17, 15) is 0 Å². The number of aliphatic hydroxyl groups excluding tert-OH is 2. The molecule has 0 heterocycles. The molecule has 0 rings (SSSR count). The molecule has 0 spiro atoms. The third-order valence-corrected chi connectivity index (χ3v) is 0.481. The van der Waals surface area contributed by atoms with E-state index in [1.54, 1.807) is 12.2 Å². The summed E-state index contributed by atoms with van der Waals surface area (Å²) >= 11 is 0. The van der Waals surface area contributed by atoms with Crippen molar-refractivity contribution in [3.8, 4) is 48.9 Å². The van der Waals surface area contributed by atoms with Crippen LogP contribution in [0.4, 0.5) is 0 Å². The molecule has 0 aliphatic carbocycles. The quantitative estimate of drug-likeness (QED) is 0.487. The molecule has 0 bridgehead atoms. The van der Waals surface area contributed by atoms with Crippen molar-refractivity contribution in [1.29, 1.82) is 0 Å². The van der Waals surface area contributed by atoms with Crippen molar-refractivity contribution in [1.82, 2.24) is 0 Å². The Morgan fingerprint density at radius 2 is 0.846 bits per heavy atom. The van der Waals surface area contributed by atoms with Crippen LogP contribution in [0.15, 0.2) is 0 Å². The molecule has 0 radical (unpaired) electrons. The van der Waals surface area contributed by atoms with Gasteiger partial charge in [-0.1, -0.05) is 0 Å². The van der Waals surface area contributed by atoms with Crippen molar-refractivity contribution in [2.75, 3.05) is 0 Å². The Balaban J connectivity index is 3.57. The SMILES string of the molecule is OC#COC#COC#COC#CO. The smallest absolute Gasteiger partial charge is 0.175 e.